The third-order valence-electron chi connectivity index (χ3n) is 6.97. The van der Waals surface area contributed by atoms with Crippen molar-refractivity contribution in [1.82, 2.24) is 30.9 Å². The van der Waals surface area contributed by atoms with Gasteiger partial charge in [0.05, 0.1) is 25.1 Å². The fraction of sp³-hybridized carbons (Fsp3) is 0.357. The molecule has 3 heterocycles. The fourth-order valence-electron chi connectivity index (χ4n) is 5.21. The van der Waals surface area contributed by atoms with Gasteiger partial charge in [-0.15, -0.1) is 10.6 Å². The average molecular weight is 547 g/mol. The molecule has 4 N–H and O–H groups in total. The summed E-state index contributed by atoms with van der Waals surface area (Å²) in [6.45, 7) is 9.47. The highest BCUT2D eigenvalue weighted by atomic mass is 16.5. The normalized spacial score (nSPS) is 14.0. The predicted octanol–water partition coefficient (Wildman–Crippen LogP) is 1.48. The lowest BCUT2D eigenvalue weighted by molar-refractivity contribution is -0.115. The Morgan fingerprint density at radius 3 is 2.58 bits per heavy atom. The molecule has 1 aromatic heterocycles. The third-order valence-corrected chi connectivity index (χ3v) is 6.97. The van der Waals surface area contributed by atoms with Crippen LogP contribution in [0.15, 0.2) is 45.2 Å². The van der Waals surface area contributed by atoms with Crippen LogP contribution in [0.4, 0.5) is 5.69 Å². The Balaban J connectivity index is 1.63. The number of hydrogen-bond acceptors (Lipinski definition) is 9. The number of fused-ring (bicyclic) bond motifs is 3. The van der Waals surface area contributed by atoms with Gasteiger partial charge in [0.25, 0.3) is 5.91 Å². The van der Waals surface area contributed by atoms with Gasteiger partial charge in [0.2, 0.25) is 5.84 Å². The Morgan fingerprint density at radius 1 is 1.12 bits per heavy atom. The molecule has 0 saturated heterocycles. The summed E-state index contributed by atoms with van der Waals surface area (Å²) in [7, 11) is 1.61. The molecule has 0 spiro atoms. The van der Waals surface area contributed by atoms with Crippen LogP contribution in [0.25, 0.3) is 11.3 Å². The summed E-state index contributed by atoms with van der Waals surface area (Å²) >= 11 is 0. The number of hydrogen-bond donors (Lipinski definition) is 4. The van der Waals surface area contributed by atoms with E-state index >= 15 is 0 Å². The Bertz CT molecular complexity index is 1610. The maximum absolute atomic E-state index is 14.0. The smallest absolute Gasteiger partial charge is 0.330 e. The van der Waals surface area contributed by atoms with Crippen LogP contribution in [0.1, 0.15) is 29.2 Å². The Morgan fingerprint density at radius 2 is 1.90 bits per heavy atom. The Hall–Kier alpha value is -4.58. The molecule has 40 heavy (non-hydrogen) atoms. The molecular formula is C28H34N8O4. The van der Waals surface area contributed by atoms with Gasteiger partial charge in [-0.25, -0.2) is 15.3 Å². The van der Waals surface area contributed by atoms with Gasteiger partial charge in [0, 0.05) is 31.3 Å². The monoisotopic (exact) mass is 546 g/mol. The average Bonchev–Trinajstić information content (AvgIpc) is 3.47. The number of benzene rings is 2. The highest BCUT2D eigenvalue weighted by Gasteiger charge is 2.23. The standard InChI is InChI=1S/C28H34N8O4/c1-6-40-23-13-19-7-9-35-21(20(19)14-22(23)39-5)15-24(30-25-17(3)11-16(2)12-18(25)4)36(28(35)38)10-8-29-27(37)26-31-33-34-32-26/h11-15,33-34H,6-10H2,1-5H3,(H,29,37)(H,31,32)/b30-24+. The second kappa shape index (κ2) is 11.3. The van der Waals surface area contributed by atoms with Crippen molar-refractivity contribution in [1.29, 1.82) is 0 Å². The van der Waals surface area contributed by atoms with Crippen LogP contribution in [-0.2, 0) is 24.3 Å². The molecule has 1 amide bonds. The van der Waals surface area contributed by atoms with E-state index in [0.717, 1.165) is 39.2 Å². The van der Waals surface area contributed by atoms with Crippen molar-refractivity contribution >= 4 is 17.4 Å². The third kappa shape index (κ3) is 5.17. The van der Waals surface area contributed by atoms with E-state index in [4.69, 9.17) is 14.5 Å². The summed E-state index contributed by atoms with van der Waals surface area (Å²) in [4.78, 5) is 31.4. The van der Waals surface area contributed by atoms with Crippen LogP contribution in [0.3, 0.4) is 0 Å². The van der Waals surface area contributed by atoms with Crippen molar-refractivity contribution in [2.75, 3.05) is 20.3 Å². The second-order valence-electron chi connectivity index (χ2n) is 9.75. The number of amidine groups is 1. The number of aryl methyl sites for hydroxylation is 4. The van der Waals surface area contributed by atoms with Gasteiger partial charge in [-0.1, -0.05) is 17.7 Å². The minimum absolute atomic E-state index is 0.111. The lowest BCUT2D eigenvalue weighted by Gasteiger charge is -2.25. The highest BCUT2D eigenvalue weighted by Crippen LogP contribution is 2.37. The number of rotatable bonds is 8. The zero-order valence-electron chi connectivity index (χ0n) is 23.3. The number of carbonyl (C=O) groups is 1. The summed E-state index contributed by atoms with van der Waals surface area (Å²) in [6.07, 6.45) is 0.668. The van der Waals surface area contributed by atoms with E-state index in [1.54, 1.807) is 16.2 Å². The van der Waals surface area contributed by atoms with Gasteiger partial charge in [0.15, 0.2) is 11.5 Å². The topological polar surface area (TPSA) is 135 Å². The molecule has 0 atom stereocenters. The van der Waals surface area contributed by atoms with Gasteiger partial charge in [-0.3, -0.25) is 19.4 Å². The maximum Gasteiger partial charge on any atom is 0.330 e. The molecule has 2 aromatic carbocycles. The zero-order valence-corrected chi connectivity index (χ0v) is 23.3. The number of amides is 1. The van der Waals surface area contributed by atoms with Crippen LogP contribution in [0.5, 0.6) is 11.5 Å². The lowest BCUT2D eigenvalue weighted by atomic mass is 9.97. The largest absolute Gasteiger partial charge is 0.493 e. The number of aromatic nitrogens is 2. The Kier molecular flexibility index (Phi) is 7.60. The molecule has 2 aliphatic rings. The maximum atomic E-state index is 14.0. The number of nitrogens with zero attached hydrogens (tertiary/aromatic N) is 4. The molecule has 5 rings (SSSR count). The van der Waals surface area contributed by atoms with E-state index in [2.05, 4.69) is 39.0 Å². The van der Waals surface area contributed by atoms with Crippen molar-refractivity contribution in [3.05, 3.63) is 68.6 Å². The van der Waals surface area contributed by atoms with Gasteiger partial charge >= 0.3 is 5.69 Å². The van der Waals surface area contributed by atoms with Crippen LogP contribution in [-0.4, -0.2) is 41.1 Å². The van der Waals surface area contributed by atoms with Crippen LogP contribution >= 0.6 is 0 Å². The molecule has 0 aliphatic carbocycles. The van der Waals surface area contributed by atoms with Gasteiger partial charge in [0.1, 0.15) is 5.49 Å². The van der Waals surface area contributed by atoms with Gasteiger partial charge in [-0.05, 0) is 62.9 Å². The molecule has 0 saturated carbocycles. The summed E-state index contributed by atoms with van der Waals surface area (Å²) in [5, 5.41) is 6.61. The van der Waals surface area contributed by atoms with Crippen molar-refractivity contribution in [3.8, 4) is 22.8 Å². The molecule has 12 heteroatoms. The van der Waals surface area contributed by atoms with Crippen molar-refractivity contribution < 1.29 is 14.3 Å². The fourth-order valence-corrected chi connectivity index (χ4v) is 5.21. The van der Waals surface area contributed by atoms with Crippen molar-refractivity contribution in [2.24, 2.45) is 10.1 Å². The molecule has 0 fully saturated rings. The predicted molar refractivity (Wildman–Crippen MR) is 151 cm³/mol. The van der Waals surface area contributed by atoms with E-state index in [9.17, 15) is 9.59 Å². The molecule has 3 aromatic rings. The van der Waals surface area contributed by atoms with E-state index in [1.807, 2.05) is 45.9 Å². The van der Waals surface area contributed by atoms with E-state index < -0.39 is 5.91 Å². The van der Waals surface area contributed by atoms with Crippen molar-refractivity contribution in [3.63, 3.8) is 0 Å². The first-order valence-electron chi connectivity index (χ1n) is 13.2. The first-order chi connectivity index (χ1) is 19.3. The number of hydrazine groups is 2. The quantitative estimate of drug-likeness (QED) is 0.336. The second-order valence-corrected chi connectivity index (χ2v) is 9.75. The van der Waals surface area contributed by atoms with Crippen LogP contribution < -0.4 is 42.5 Å². The number of ether oxygens (including phenoxy) is 2. The molecule has 2 aliphatic heterocycles. The SMILES string of the molecule is CCOc1cc2c(cc1OC)-c1c/c(=N\c3c(C)cc(C)cc3C)n(CCNC(=O)C3=NNNN3)c(=O)n1CC2. The van der Waals surface area contributed by atoms with Crippen LogP contribution in [0.2, 0.25) is 0 Å². The van der Waals surface area contributed by atoms with Crippen molar-refractivity contribution in [2.45, 2.75) is 47.2 Å². The number of carbonyl (C=O) groups excluding carboxylic acids is 1. The lowest BCUT2D eigenvalue weighted by Crippen LogP contribution is -2.46. The van der Waals surface area contributed by atoms with Gasteiger partial charge in [-0.2, -0.15) is 0 Å². The number of methoxy groups -OCH3 is 1. The molecule has 0 bridgehead atoms. The molecule has 0 unspecified atom stereocenters. The summed E-state index contributed by atoms with van der Waals surface area (Å²) in [5.41, 5.74) is 14.6. The van der Waals surface area contributed by atoms with E-state index in [0.29, 0.717) is 36.6 Å². The minimum Gasteiger partial charge on any atom is -0.493 e. The minimum atomic E-state index is -0.397. The van der Waals surface area contributed by atoms with E-state index in [1.165, 1.54) is 0 Å². The van der Waals surface area contributed by atoms with Crippen LogP contribution in [0, 0.1) is 20.8 Å². The molecule has 210 valence electrons. The molecular weight excluding hydrogens is 512 g/mol. The Labute approximate surface area is 231 Å². The van der Waals surface area contributed by atoms with Gasteiger partial charge < -0.3 is 14.8 Å². The highest BCUT2D eigenvalue weighted by molar-refractivity contribution is 6.37. The first kappa shape index (κ1) is 27.0. The summed E-state index contributed by atoms with van der Waals surface area (Å²) in [5.74, 6) is 1.01. The number of nitrogens with one attached hydrogen (secondary N) is 4. The molecule has 0 radical (unpaired) electrons. The first-order valence-corrected chi connectivity index (χ1v) is 13.2. The molecule has 12 nitrogen and oxygen atoms in total. The summed E-state index contributed by atoms with van der Waals surface area (Å²) < 4.78 is 14.8. The zero-order chi connectivity index (χ0) is 28.4. The summed E-state index contributed by atoms with van der Waals surface area (Å²) in [6, 6.07) is 10.0. The van der Waals surface area contributed by atoms with E-state index in [-0.39, 0.29) is 24.6 Å². The number of hydrazone groups is 1.